The molecule has 0 heterocycles. The molecule has 4 N–H and O–H groups in total. The highest BCUT2D eigenvalue weighted by Crippen LogP contribution is 2.25. The zero-order chi connectivity index (χ0) is 5.98. The van der Waals surface area contributed by atoms with Crippen molar-refractivity contribution in [2.24, 2.45) is 11.8 Å². The van der Waals surface area contributed by atoms with Crippen LogP contribution in [-0.2, 0) is 0 Å². The lowest BCUT2D eigenvalue weighted by molar-refractivity contribution is 0.0432. The maximum atomic E-state index is 8.78. The van der Waals surface area contributed by atoms with E-state index >= 15 is 0 Å². The second-order valence-corrected chi connectivity index (χ2v) is 2.40. The molecule has 3 heteroatoms. The third-order valence-electron chi connectivity index (χ3n) is 1.62. The molecular formula is C5H12N2O. The van der Waals surface area contributed by atoms with Gasteiger partial charge in [-0.2, -0.15) is 0 Å². The van der Waals surface area contributed by atoms with Gasteiger partial charge in [-0.1, -0.05) is 0 Å². The highest BCUT2D eigenvalue weighted by molar-refractivity contribution is 4.78. The van der Waals surface area contributed by atoms with E-state index in [1.54, 1.807) is 0 Å². The average molecular weight is 116 g/mol. The van der Waals surface area contributed by atoms with Crippen molar-refractivity contribution in [3.63, 3.8) is 0 Å². The summed E-state index contributed by atoms with van der Waals surface area (Å²) in [6.07, 6.45) is 1.79. The van der Waals surface area contributed by atoms with Crippen LogP contribution in [-0.4, -0.2) is 17.8 Å². The second kappa shape index (κ2) is 2.44. The second-order valence-electron chi connectivity index (χ2n) is 2.40. The van der Waals surface area contributed by atoms with Crippen molar-refractivity contribution in [3.05, 3.63) is 0 Å². The van der Waals surface area contributed by atoms with Crippen LogP contribution in [0.15, 0.2) is 0 Å². The van der Waals surface area contributed by atoms with Crippen molar-refractivity contribution in [1.29, 1.82) is 0 Å². The molecule has 3 nitrogen and oxygen atoms in total. The van der Waals surface area contributed by atoms with E-state index in [9.17, 15) is 0 Å². The molecule has 0 aromatic heterocycles. The van der Waals surface area contributed by atoms with Crippen LogP contribution in [0.1, 0.15) is 12.8 Å². The molecule has 0 aromatic carbocycles. The first-order valence-electron chi connectivity index (χ1n) is 2.94. The summed E-state index contributed by atoms with van der Waals surface area (Å²) in [6, 6.07) is 0. The fraction of sp³-hybridized carbons (Fsp3) is 1.00. The van der Waals surface area contributed by atoms with Gasteiger partial charge in [0.15, 0.2) is 0 Å². The van der Waals surface area contributed by atoms with Crippen molar-refractivity contribution in [1.82, 2.24) is 5.43 Å². The lowest BCUT2D eigenvalue weighted by Crippen LogP contribution is -2.38. The predicted octanol–water partition coefficient (Wildman–Crippen LogP) is -0.779. The molecule has 0 saturated heterocycles. The quantitative estimate of drug-likeness (QED) is 0.327. The summed E-state index contributed by atoms with van der Waals surface area (Å²) in [4.78, 5) is 0. The van der Waals surface area contributed by atoms with E-state index in [0.717, 1.165) is 19.4 Å². The monoisotopic (exact) mass is 116 g/mol. The summed E-state index contributed by atoms with van der Waals surface area (Å²) in [7, 11) is 0. The van der Waals surface area contributed by atoms with E-state index in [-0.39, 0.29) is 6.10 Å². The van der Waals surface area contributed by atoms with Crippen LogP contribution in [0, 0.1) is 5.92 Å². The summed E-state index contributed by atoms with van der Waals surface area (Å²) in [5, 5.41) is 8.78. The minimum Gasteiger partial charge on any atom is -0.393 e. The molecule has 1 fully saturated rings. The van der Waals surface area contributed by atoms with Crippen LogP contribution >= 0.6 is 0 Å². The van der Waals surface area contributed by atoms with Crippen molar-refractivity contribution in [2.45, 2.75) is 18.9 Å². The summed E-state index contributed by atoms with van der Waals surface area (Å²) in [5.41, 5.74) is 2.58. The predicted molar refractivity (Wildman–Crippen MR) is 30.9 cm³/mol. The Morgan fingerprint density at radius 2 is 2.25 bits per heavy atom. The molecule has 0 radical (unpaired) electrons. The smallest absolute Gasteiger partial charge is 0.0546 e. The van der Waals surface area contributed by atoms with Gasteiger partial charge in [0.05, 0.1) is 6.10 Å². The first kappa shape index (κ1) is 6.01. The highest BCUT2D eigenvalue weighted by atomic mass is 16.3. The zero-order valence-corrected chi connectivity index (χ0v) is 4.80. The van der Waals surface area contributed by atoms with Crippen LogP contribution in [0.25, 0.3) is 0 Å². The fourth-order valence-corrected chi connectivity index (χ4v) is 1.03. The number of nitrogens with two attached hydrogens (primary N) is 1. The molecule has 8 heavy (non-hydrogen) atoms. The van der Waals surface area contributed by atoms with Gasteiger partial charge >= 0.3 is 0 Å². The molecule has 1 aliphatic rings. The van der Waals surface area contributed by atoms with Gasteiger partial charge in [-0.3, -0.25) is 11.3 Å². The number of hydrogen-bond acceptors (Lipinski definition) is 3. The van der Waals surface area contributed by atoms with Crippen LogP contribution in [0.5, 0.6) is 0 Å². The Bertz CT molecular complexity index is 68.1. The maximum absolute atomic E-state index is 8.78. The molecule has 0 bridgehead atoms. The van der Waals surface area contributed by atoms with E-state index in [0.29, 0.717) is 5.92 Å². The van der Waals surface area contributed by atoms with E-state index in [4.69, 9.17) is 10.9 Å². The Kier molecular flexibility index (Phi) is 1.83. The Morgan fingerprint density at radius 3 is 2.62 bits per heavy atom. The van der Waals surface area contributed by atoms with Crippen LogP contribution in [0.2, 0.25) is 0 Å². The van der Waals surface area contributed by atoms with Gasteiger partial charge < -0.3 is 5.11 Å². The van der Waals surface area contributed by atoms with Crippen LogP contribution < -0.4 is 11.3 Å². The number of aliphatic hydroxyl groups excluding tert-OH is 1. The Balaban J connectivity index is 1.98. The summed E-state index contributed by atoms with van der Waals surface area (Å²) >= 11 is 0. The number of aliphatic hydroxyl groups is 1. The molecule has 1 saturated carbocycles. The van der Waals surface area contributed by atoms with Crippen molar-refractivity contribution < 1.29 is 5.11 Å². The van der Waals surface area contributed by atoms with E-state index < -0.39 is 0 Å². The molecule has 0 unspecified atom stereocenters. The molecule has 1 aliphatic carbocycles. The molecule has 0 atom stereocenters. The van der Waals surface area contributed by atoms with Crippen molar-refractivity contribution >= 4 is 0 Å². The Morgan fingerprint density at radius 1 is 1.62 bits per heavy atom. The normalized spacial score (nSPS) is 36.8. The Labute approximate surface area is 48.8 Å². The summed E-state index contributed by atoms with van der Waals surface area (Å²) in [5.74, 6) is 5.67. The fourth-order valence-electron chi connectivity index (χ4n) is 1.03. The van der Waals surface area contributed by atoms with E-state index in [1.165, 1.54) is 0 Å². The molecule has 0 spiro atoms. The summed E-state index contributed by atoms with van der Waals surface area (Å²) < 4.78 is 0. The average Bonchev–Trinajstić information content (AvgIpc) is 1.64. The Hall–Kier alpha value is -0.120. The van der Waals surface area contributed by atoms with Gasteiger partial charge in [0.25, 0.3) is 0 Å². The van der Waals surface area contributed by atoms with Gasteiger partial charge in [0.1, 0.15) is 0 Å². The molecule has 1 rings (SSSR count). The van der Waals surface area contributed by atoms with Gasteiger partial charge in [0, 0.05) is 6.54 Å². The third-order valence-corrected chi connectivity index (χ3v) is 1.62. The summed E-state index contributed by atoms with van der Waals surface area (Å²) in [6.45, 7) is 0.844. The number of hydrazine groups is 1. The standard InChI is InChI=1S/C5H12N2O/c6-7-3-4-1-5(8)2-4/h4-5,7-8H,1-3,6H2. The zero-order valence-electron chi connectivity index (χ0n) is 4.80. The first-order chi connectivity index (χ1) is 3.83. The number of hydrogen-bond donors (Lipinski definition) is 3. The highest BCUT2D eigenvalue weighted by Gasteiger charge is 2.25. The van der Waals surface area contributed by atoms with Crippen LogP contribution in [0.4, 0.5) is 0 Å². The lowest BCUT2D eigenvalue weighted by atomic mass is 9.83. The van der Waals surface area contributed by atoms with E-state index in [1.807, 2.05) is 0 Å². The van der Waals surface area contributed by atoms with Gasteiger partial charge in [-0.05, 0) is 18.8 Å². The van der Waals surface area contributed by atoms with Crippen molar-refractivity contribution in [3.8, 4) is 0 Å². The van der Waals surface area contributed by atoms with E-state index in [2.05, 4.69) is 5.43 Å². The molecule has 48 valence electrons. The molecule has 0 aromatic rings. The number of nitrogens with one attached hydrogen (secondary N) is 1. The lowest BCUT2D eigenvalue weighted by Gasteiger charge is -2.30. The minimum absolute atomic E-state index is 0.0478. The first-order valence-corrected chi connectivity index (χ1v) is 2.94. The van der Waals surface area contributed by atoms with Gasteiger partial charge in [-0.15, -0.1) is 0 Å². The van der Waals surface area contributed by atoms with Crippen molar-refractivity contribution in [2.75, 3.05) is 6.54 Å². The van der Waals surface area contributed by atoms with Gasteiger partial charge in [0.2, 0.25) is 0 Å². The topological polar surface area (TPSA) is 58.3 Å². The third kappa shape index (κ3) is 1.18. The number of rotatable bonds is 2. The van der Waals surface area contributed by atoms with Gasteiger partial charge in [-0.25, -0.2) is 0 Å². The molecule has 0 amide bonds. The van der Waals surface area contributed by atoms with Crippen LogP contribution in [0.3, 0.4) is 0 Å². The minimum atomic E-state index is -0.0478. The molecular weight excluding hydrogens is 104 g/mol. The maximum Gasteiger partial charge on any atom is 0.0546 e. The largest absolute Gasteiger partial charge is 0.393 e. The molecule has 0 aliphatic heterocycles. The SMILES string of the molecule is NNCC1CC(O)C1.